The van der Waals surface area contributed by atoms with Crippen LogP contribution in [0.4, 0.5) is 0 Å². The Morgan fingerprint density at radius 1 is 1.18 bits per heavy atom. The maximum Gasteiger partial charge on any atom is 0.270 e. The first kappa shape index (κ1) is 28.0. The fourth-order valence-electron chi connectivity index (χ4n) is 3.67. The molecule has 10 heteroatoms. The second-order valence-electron chi connectivity index (χ2n) is 9.12. The molecule has 2 amide bonds. The monoisotopic (exact) mass is 481 g/mol. The fourth-order valence-corrected chi connectivity index (χ4v) is 3.67. The predicted octanol–water partition coefficient (Wildman–Crippen LogP) is 0.629. The highest BCUT2D eigenvalue weighted by Gasteiger charge is 2.30. The number of rotatable bonds is 5. The molecule has 3 N–H and O–H groups in total. The first-order chi connectivity index (χ1) is 16.2. The lowest BCUT2D eigenvalue weighted by Crippen LogP contribution is -2.50. The Morgan fingerprint density at radius 3 is 2.59 bits per heavy atom. The number of carbonyl (C=O) groups is 2. The minimum absolute atomic E-state index is 0.0564. The van der Waals surface area contributed by atoms with E-state index in [1.807, 2.05) is 0 Å². The number of aliphatic hydroxyl groups is 2. The van der Waals surface area contributed by atoms with E-state index in [-0.39, 0.29) is 49.3 Å². The standard InChI is InChI=1S/C24H39N3O7/c1-17(2)9-14-34-21-15-27(18(3)28)12-11-26(24(32)19-7-6-8-22(30)25-19)10-4-5-13-33-16-20(29)23(21)31/h6-8,17,20-21,23,29,31H,4-5,9-16H2,1-3H3,(H,25,30)/t20-,21-,23-/m1/s1. The van der Waals surface area contributed by atoms with Gasteiger partial charge in [0.25, 0.3) is 5.91 Å². The zero-order valence-corrected chi connectivity index (χ0v) is 20.4. The van der Waals surface area contributed by atoms with Crippen LogP contribution in [0.1, 0.15) is 50.5 Å². The van der Waals surface area contributed by atoms with Crippen molar-refractivity contribution in [3.05, 3.63) is 34.2 Å². The zero-order valence-electron chi connectivity index (χ0n) is 20.4. The van der Waals surface area contributed by atoms with Gasteiger partial charge in [-0.25, -0.2) is 0 Å². The van der Waals surface area contributed by atoms with E-state index in [2.05, 4.69) is 18.8 Å². The van der Waals surface area contributed by atoms with E-state index in [0.717, 1.165) is 6.42 Å². The van der Waals surface area contributed by atoms with Gasteiger partial charge in [0, 0.05) is 52.4 Å². The smallest absolute Gasteiger partial charge is 0.270 e. The number of amides is 2. The average molecular weight is 482 g/mol. The maximum absolute atomic E-state index is 13.1. The van der Waals surface area contributed by atoms with Crippen LogP contribution in [0.25, 0.3) is 0 Å². The second kappa shape index (κ2) is 14.2. The van der Waals surface area contributed by atoms with Crippen LogP contribution in [0.3, 0.4) is 0 Å². The Bertz CT molecular complexity index is 829. The van der Waals surface area contributed by atoms with Gasteiger partial charge in [0.2, 0.25) is 11.5 Å². The molecule has 0 aromatic carbocycles. The number of hydrogen-bond acceptors (Lipinski definition) is 7. The van der Waals surface area contributed by atoms with Gasteiger partial charge in [-0.1, -0.05) is 19.9 Å². The Kier molecular flexibility index (Phi) is 11.7. The summed E-state index contributed by atoms with van der Waals surface area (Å²) in [5.41, 5.74) is -0.173. The van der Waals surface area contributed by atoms with E-state index < -0.39 is 18.3 Å². The molecule has 192 valence electrons. The van der Waals surface area contributed by atoms with Gasteiger partial charge in [0.15, 0.2) is 0 Å². The predicted molar refractivity (Wildman–Crippen MR) is 126 cm³/mol. The van der Waals surface area contributed by atoms with E-state index in [9.17, 15) is 24.6 Å². The summed E-state index contributed by atoms with van der Waals surface area (Å²) >= 11 is 0. The van der Waals surface area contributed by atoms with Crippen molar-refractivity contribution in [2.24, 2.45) is 5.92 Å². The van der Waals surface area contributed by atoms with E-state index in [1.165, 1.54) is 24.0 Å². The number of hydrogen-bond donors (Lipinski definition) is 3. The van der Waals surface area contributed by atoms with Crippen LogP contribution in [0, 0.1) is 5.92 Å². The van der Waals surface area contributed by atoms with E-state index >= 15 is 0 Å². The highest BCUT2D eigenvalue weighted by molar-refractivity contribution is 5.92. The van der Waals surface area contributed by atoms with Crippen molar-refractivity contribution in [1.82, 2.24) is 14.8 Å². The minimum atomic E-state index is -1.23. The first-order valence-corrected chi connectivity index (χ1v) is 12.0. The summed E-state index contributed by atoms with van der Waals surface area (Å²) in [4.78, 5) is 42.8. The van der Waals surface area contributed by atoms with Crippen LogP contribution in [-0.2, 0) is 14.3 Å². The molecule has 1 aliphatic heterocycles. The summed E-state index contributed by atoms with van der Waals surface area (Å²) in [5, 5.41) is 21.2. The summed E-state index contributed by atoms with van der Waals surface area (Å²) in [5.74, 6) is -0.158. The number of aliphatic hydroxyl groups excluding tert-OH is 2. The highest BCUT2D eigenvalue weighted by Crippen LogP contribution is 2.13. The van der Waals surface area contributed by atoms with Crippen molar-refractivity contribution in [1.29, 1.82) is 0 Å². The highest BCUT2D eigenvalue weighted by atomic mass is 16.5. The molecule has 0 spiro atoms. The van der Waals surface area contributed by atoms with Crippen molar-refractivity contribution in [2.75, 3.05) is 46.0 Å². The Balaban J connectivity index is 2.20. The number of H-pyrrole nitrogens is 1. The van der Waals surface area contributed by atoms with Crippen LogP contribution >= 0.6 is 0 Å². The average Bonchev–Trinajstić information content (AvgIpc) is 2.79. The SMILES string of the molecule is CC(=O)N1CCN(C(=O)c2cccc(=O)[nH]2)CCCCOC[C@@H](O)[C@@H](O)[C@H](OCCC(C)C)C1. The zero-order chi connectivity index (χ0) is 25.1. The molecule has 0 bridgehead atoms. The fraction of sp³-hybridized carbons (Fsp3) is 0.708. The molecule has 2 rings (SSSR count). The Hall–Kier alpha value is -2.27. The maximum atomic E-state index is 13.1. The Labute approximate surface area is 200 Å². The lowest BCUT2D eigenvalue weighted by atomic mass is 10.1. The van der Waals surface area contributed by atoms with E-state index in [0.29, 0.717) is 38.5 Å². The lowest BCUT2D eigenvalue weighted by Gasteiger charge is -2.33. The number of aromatic amines is 1. The number of nitrogens with zero attached hydrogens (tertiary/aromatic N) is 2. The molecule has 2 heterocycles. The molecule has 1 aromatic heterocycles. The Morgan fingerprint density at radius 2 is 1.91 bits per heavy atom. The summed E-state index contributed by atoms with van der Waals surface area (Å²) in [6.07, 6.45) is -1.13. The summed E-state index contributed by atoms with van der Waals surface area (Å²) in [6, 6.07) is 4.42. The van der Waals surface area contributed by atoms with Gasteiger partial charge in [-0.15, -0.1) is 0 Å². The molecule has 10 nitrogen and oxygen atoms in total. The molecule has 1 saturated heterocycles. The topological polar surface area (TPSA) is 132 Å². The van der Waals surface area contributed by atoms with Crippen LogP contribution in [0.2, 0.25) is 0 Å². The quantitative estimate of drug-likeness (QED) is 0.562. The van der Waals surface area contributed by atoms with Crippen LogP contribution in [0.15, 0.2) is 23.0 Å². The number of pyridine rings is 1. The van der Waals surface area contributed by atoms with Gasteiger partial charge in [-0.3, -0.25) is 14.4 Å². The van der Waals surface area contributed by atoms with Crippen LogP contribution in [0.5, 0.6) is 0 Å². The number of ether oxygens (including phenoxy) is 2. The minimum Gasteiger partial charge on any atom is -0.388 e. The van der Waals surface area contributed by atoms with Crippen molar-refractivity contribution in [3.8, 4) is 0 Å². The molecule has 1 aliphatic rings. The molecular weight excluding hydrogens is 442 g/mol. The van der Waals surface area contributed by atoms with Gasteiger partial charge in [0.1, 0.15) is 24.0 Å². The number of nitrogens with one attached hydrogen (secondary N) is 1. The second-order valence-corrected chi connectivity index (χ2v) is 9.12. The third-order valence-electron chi connectivity index (χ3n) is 5.83. The summed E-state index contributed by atoms with van der Waals surface area (Å²) in [6.45, 7) is 7.18. The third kappa shape index (κ3) is 9.17. The molecule has 34 heavy (non-hydrogen) atoms. The first-order valence-electron chi connectivity index (χ1n) is 12.0. The van der Waals surface area contributed by atoms with Crippen molar-refractivity contribution < 1.29 is 29.3 Å². The van der Waals surface area contributed by atoms with Gasteiger partial charge < -0.3 is 34.5 Å². The van der Waals surface area contributed by atoms with Crippen LogP contribution < -0.4 is 5.56 Å². The molecular formula is C24H39N3O7. The van der Waals surface area contributed by atoms with Crippen molar-refractivity contribution in [2.45, 2.75) is 58.3 Å². The largest absolute Gasteiger partial charge is 0.388 e. The van der Waals surface area contributed by atoms with Crippen LogP contribution in [-0.4, -0.2) is 101 Å². The number of carbonyl (C=O) groups excluding carboxylic acids is 2. The lowest BCUT2D eigenvalue weighted by molar-refractivity contribution is -0.140. The van der Waals surface area contributed by atoms with Gasteiger partial charge in [-0.05, 0) is 31.2 Å². The normalized spacial score (nSPS) is 23.5. The molecule has 1 fully saturated rings. The summed E-state index contributed by atoms with van der Waals surface area (Å²) in [7, 11) is 0. The van der Waals surface area contributed by atoms with Gasteiger partial charge in [0.05, 0.1) is 6.61 Å². The number of aromatic nitrogens is 1. The molecule has 1 aromatic rings. The molecule has 0 unspecified atom stereocenters. The third-order valence-corrected chi connectivity index (χ3v) is 5.83. The molecule has 0 radical (unpaired) electrons. The molecule has 3 atom stereocenters. The van der Waals surface area contributed by atoms with E-state index in [1.54, 1.807) is 11.0 Å². The van der Waals surface area contributed by atoms with Crippen molar-refractivity contribution in [3.63, 3.8) is 0 Å². The molecule has 0 aliphatic carbocycles. The van der Waals surface area contributed by atoms with Crippen molar-refractivity contribution >= 4 is 11.8 Å². The van der Waals surface area contributed by atoms with Gasteiger partial charge in [-0.2, -0.15) is 0 Å². The molecule has 0 saturated carbocycles. The van der Waals surface area contributed by atoms with Gasteiger partial charge >= 0.3 is 0 Å². The van der Waals surface area contributed by atoms with E-state index in [4.69, 9.17) is 9.47 Å². The summed E-state index contributed by atoms with van der Waals surface area (Å²) < 4.78 is 11.4.